The van der Waals surface area contributed by atoms with Crippen molar-refractivity contribution in [3.05, 3.63) is 70.9 Å². The van der Waals surface area contributed by atoms with E-state index in [4.69, 9.17) is 9.15 Å². The largest absolute Gasteiger partial charge is 0.471 e. The second-order valence-electron chi connectivity index (χ2n) is 4.73. The molecule has 23 heavy (non-hydrogen) atoms. The van der Waals surface area contributed by atoms with Crippen LogP contribution in [0, 0.1) is 0 Å². The van der Waals surface area contributed by atoms with Crippen molar-refractivity contribution in [3.63, 3.8) is 0 Å². The van der Waals surface area contributed by atoms with Gasteiger partial charge in [-0.25, -0.2) is 4.68 Å². The maximum atomic E-state index is 12.0. The molecule has 6 nitrogen and oxygen atoms in total. The van der Waals surface area contributed by atoms with Crippen molar-refractivity contribution < 1.29 is 13.9 Å². The molecular formula is C16H14BrN3O3. The Morgan fingerprint density at radius 3 is 2.83 bits per heavy atom. The first kappa shape index (κ1) is 15.4. The van der Waals surface area contributed by atoms with Crippen molar-refractivity contribution >= 4 is 21.8 Å². The Kier molecular flexibility index (Phi) is 4.77. The molecule has 2 heterocycles. The molecule has 0 fully saturated rings. The van der Waals surface area contributed by atoms with Gasteiger partial charge in [0, 0.05) is 10.7 Å². The topological polar surface area (TPSA) is 69.3 Å². The number of carbonyl (C=O) groups excluding carboxylic acids is 1. The van der Waals surface area contributed by atoms with Crippen LogP contribution in [0.1, 0.15) is 16.2 Å². The Bertz CT molecular complexity index is 766. The van der Waals surface area contributed by atoms with Crippen molar-refractivity contribution in [2.75, 3.05) is 0 Å². The van der Waals surface area contributed by atoms with Crippen molar-refractivity contribution in [1.82, 2.24) is 15.1 Å². The molecule has 0 unspecified atom stereocenters. The van der Waals surface area contributed by atoms with Gasteiger partial charge in [-0.2, -0.15) is 5.10 Å². The monoisotopic (exact) mass is 375 g/mol. The van der Waals surface area contributed by atoms with Gasteiger partial charge in [-0.05, 0) is 42.5 Å². The number of ether oxygens (including phenoxy) is 1. The van der Waals surface area contributed by atoms with E-state index in [1.165, 1.54) is 0 Å². The molecule has 0 saturated heterocycles. The second kappa shape index (κ2) is 7.15. The maximum Gasteiger partial charge on any atom is 0.272 e. The molecule has 0 saturated carbocycles. The zero-order valence-corrected chi connectivity index (χ0v) is 13.7. The number of carbonyl (C=O) groups is 1. The predicted molar refractivity (Wildman–Crippen MR) is 86.9 cm³/mol. The fourth-order valence-electron chi connectivity index (χ4n) is 1.90. The van der Waals surface area contributed by atoms with E-state index in [2.05, 4.69) is 26.3 Å². The van der Waals surface area contributed by atoms with Gasteiger partial charge in [0.25, 0.3) is 5.91 Å². The van der Waals surface area contributed by atoms with Crippen molar-refractivity contribution in [1.29, 1.82) is 0 Å². The molecule has 3 rings (SSSR count). The molecule has 0 aliphatic heterocycles. The highest BCUT2D eigenvalue weighted by atomic mass is 79.9. The summed E-state index contributed by atoms with van der Waals surface area (Å²) in [6, 6.07) is 12.7. The maximum absolute atomic E-state index is 12.0. The molecule has 0 atom stereocenters. The molecule has 0 radical (unpaired) electrons. The minimum atomic E-state index is -0.260. The average Bonchev–Trinajstić information content (AvgIpc) is 3.24. The molecule has 7 heteroatoms. The zero-order chi connectivity index (χ0) is 16.1. The van der Waals surface area contributed by atoms with Gasteiger partial charge >= 0.3 is 0 Å². The second-order valence-corrected chi connectivity index (χ2v) is 5.65. The van der Waals surface area contributed by atoms with Crippen LogP contribution in [0.2, 0.25) is 0 Å². The Morgan fingerprint density at radius 2 is 2.09 bits per heavy atom. The van der Waals surface area contributed by atoms with E-state index < -0.39 is 0 Å². The summed E-state index contributed by atoms with van der Waals surface area (Å²) < 4.78 is 13.3. The van der Waals surface area contributed by atoms with Crippen LogP contribution in [0.4, 0.5) is 0 Å². The number of aromatic nitrogens is 2. The molecule has 1 amide bonds. The molecule has 0 spiro atoms. The Hall–Kier alpha value is -2.54. The molecule has 118 valence electrons. The number of hydrogen-bond donors (Lipinski definition) is 1. The fourth-order valence-corrected chi connectivity index (χ4v) is 2.16. The number of nitrogens with zero attached hydrogens (tertiary/aromatic N) is 2. The summed E-state index contributed by atoms with van der Waals surface area (Å²) in [6.45, 7) is 0.557. The van der Waals surface area contributed by atoms with E-state index >= 15 is 0 Å². The van der Waals surface area contributed by atoms with Crippen LogP contribution in [-0.4, -0.2) is 15.7 Å². The van der Waals surface area contributed by atoms with Crippen LogP contribution in [0.25, 0.3) is 0 Å². The highest BCUT2D eigenvalue weighted by molar-refractivity contribution is 9.10. The smallest absolute Gasteiger partial charge is 0.272 e. The van der Waals surface area contributed by atoms with Gasteiger partial charge in [0.05, 0.1) is 12.8 Å². The first-order chi connectivity index (χ1) is 11.2. The standard InChI is InChI=1S/C16H14BrN3O3/c17-12-3-5-13(6-4-12)23-11-20-8-7-15(19-20)16(21)18-10-14-2-1-9-22-14/h1-9H,10-11H2,(H,18,21). The lowest BCUT2D eigenvalue weighted by molar-refractivity contribution is 0.0941. The quantitative estimate of drug-likeness (QED) is 0.718. The summed E-state index contributed by atoms with van der Waals surface area (Å²) in [5.74, 6) is 1.16. The van der Waals surface area contributed by atoms with Gasteiger partial charge in [-0.3, -0.25) is 4.79 Å². The number of benzene rings is 1. The summed E-state index contributed by atoms with van der Waals surface area (Å²) >= 11 is 3.37. The summed E-state index contributed by atoms with van der Waals surface area (Å²) in [6.07, 6.45) is 3.26. The molecular weight excluding hydrogens is 362 g/mol. The van der Waals surface area contributed by atoms with Crippen molar-refractivity contribution in [3.8, 4) is 5.75 Å². The Morgan fingerprint density at radius 1 is 1.26 bits per heavy atom. The third-order valence-corrected chi connectivity index (χ3v) is 3.58. The number of rotatable bonds is 6. The van der Waals surface area contributed by atoms with E-state index in [0.717, 1.165) is 10.2 Å². The first-order valence-corrected chi connectivity index (χ1v) is 7.72. The lowest BCUT2D eigenvalue weighted by atomic mass is 10.3. The van der Waals surface area contributed by atoms with Gasteiger partial charge < -0.3 is 14.5 Å². The SMILES string of the molecule is O=C(NCc1ccco1)c1ccn(COc2ccc(Br)cc2)n1. The molecule has 1 aromatic carbocycles. The first-order valence-electron chi connectivity index (χ1n) is 6.93. The minimum Gasteiger partial charge on any atom is -0.471 e. The Balaban J connectivity index is 1.52. The van der Waals surface area contributed by atoms with E-state index in [0.29, 0.717) is 18.0 Å². The van der Waals surface area contributed by atoms with E-state index in [1.807, 2.05) is 24.3 Å². The van der Waals surface area contributed by atoms with Crippen LogP contribution < -0.4 is 10.1 Å². The van der Waals surface area contributed by atoms with Crippen LogP contribution in [0.3, 0.4) is 0 Å². The normalized spacial score (nSPS) is 10.5. The third kappa shape index (κ3) is 4.23. The van der Waals surface area contributed by atoms with Crippen LogP contribution >= 0.6 is 15.9 Å². The van der Waals surface area contributed by atoms with Crippen LogP contribution in [-0.2, 0) is 13.3 Å². The van der Waals surface area contributed by atoms with E-state index in [-0.39, 0.29) is 12.6 Å². The fraction of sp³-hybridized carbons (Fsp3) is 0.125. The average molecular weight is 376 g/mol. The molecule has 3 aromatic rings. The molecule has 0 aliphatic rings. The van der Waals surface area contributed by atoms with Gasteiger partial charge in [0.15, 0.2) is 6.73 Å². The van der Waals surface area contributed by atoms with Crippen LogP contribution in [0.15, 0.2) is 63.8 Å². The number of nitrogens with one attached hydrogen (secondary N) is 1. The van der Waals surface area contributed by atoms with Crippen molar-refractivity contribution in [2.24, 2.45) is 0 Å². The number of halogens is 1. The molecule has 1 N–H and O–H groups in total. The molecule has 0 bridgehead atoms. The van der Waals surface area contributed by atoms with Gasteiger partial charge in [0.1, 0.15) is 17.2 Å². The zero-order valence-electron chi connectivity index (χ0n) is 12.1. The highest BCUT2D eigenvalue weighted by Crippen LogP contribution is 2.16. The lowest BCUT2D eigenvalue weighted by Crippen LogP contribution is -2.23. The van der Waals surface area contributed by atoms with E-state index in [9.17, 15) is 4.79 Å². The number of furan rings is 1. The minimum absolute atomic E-state index is 0.229. The molecule has 2 aromatic heterocycles. The van der Waals surface area contributed by atoms with Gasteiger partial charge in [0.2, 0.25) is 0 Å². The summed E-state index contributed by atoms with van der Waals surface area (Å²) in [5, 5.41) is 6.92. The van der Waals surface area contributed by atoms with Gasteiger partial charge in [-0.15, -0.1) is 0 Å². The molecule has 0 aliphatic carbocycles. The third-order valence-electron chi connectivity index (χ3n) is 3.05. The van der Waals surface area contributed by atoms with E-state index in [1.54, 1.807) is 35.3 Å². The number of hydrogen-bond acceptors (Lipinski definition) is 4. The predicted octanol–water partition coefficient (Wildman–Crippen LogP) is 3.21. The lowest BCUT2D eigenvalue weighted by Gasteiger charge is -2.06. The summed E-state index contributed by atoms with van der Waals surface area (Å²) in [4.78, 5) is 12.0. The Labute approximate surface area is 141 Å². The van der Waals surface area contributed by atoms with Gasteiger partial charge in [-0.1, -0.05) is 15.9 Å². The highest BCUT2D eigenvalue weighted by Gasteiger charge is 2.10. The summed E-state index contributed by atoms with van der Waals surface area (Å²) in [5.41, 5.74) is 0.330. The van der Waals surface area contributed by atoms with Crippen LogP contribution in [0.5, 0.6) is 5.75 Å². The number of amides is 1. The summed E-state index contributed by atoms with van der Waals surface area (Å²) in [7, 11) is 0. The van der Waals surface area contributed by atoms with Crippen molar-refractivity contribution in [2.45, 2.75) is 13.3 Å².